The van der Waals surface area contributed by atoms with Gasteiger partial charge in [-0.15, -0.1) is 0 Å². The quantitative estimate of drug-likeness (QED) is 0.797. The number of benzene rings is 1. The Morgan fingerprint density at radius 2 is 1.95 bits per heavy atom. The maximum absolute atomic E-state index is 11.3. The van der Waals surface area contributed by atoms with Crippen LogP contribution < -0.4 is 0 Å². The number of carbonyl (C=O) groups excluding carboxylic acids is 1. The third-order valence-electron chi connectivity index (χ3n) is 3.06. The summed E-state index contributed by atoms with van der Waals surface area (Å²) in [6.45, 7) is 0.390. The molecule has 0 saturated carbocycles. The molecule has 3 nitrogen and oxygen atoms in total. The number of halogens is 2. The normalized spacial score (nSPS) is 29.9. The third-order valence-corrected chi connectivity index (χ3v) is 3.61. The number of allylic oxidation sites excluding steroid dienone is 2. The monoisotopic (exact) mass is 296 g/mol. The van der Waals surface area contributed by atoms with Gasteiger partial charge >= 0.3 is 0 Å². The molecule has 1 fully saturated rings. The lowest BCUT2D eigenvalue weighted by Gasteiger charge is -2.23. The van der Waals surface area contributed by atoms with Crippen LogP contribution in [-0.4, -0.2) is 18.2 Å². The summed E-state index contributed by atoms with van der Waals surface area (Å²) in [5, 5.41) is 0.780. The lowest BCUT2D eigenvalue weighted by molar-refractivity contribution is -0.114. The summed E-state index contributed by atoms with van der Waals surface area (Å²) in [7, 11) is 0. The highest BCUT2D eigenvalue weighted by molar-refractivity contribution is 6.44. The van der Waals surface area contributed by atoms with E-state index in [-0.39, 0.29) is 16.9 Å². The molecule has 19 heavy (non-hydrogen) atoms. The number of carbonyl (C=O) groups is 1. The van der Waals surface area contributed by atoms with Gasteiger partial charge in [0, 0.05) is 11.1 Å². The summed E-state index contributed by atoms with van der Waals surface area (Å²) < 4.78 is 11.5. The van der Waals surface area contributed by atoms with Crippen LogP contribution in [-0.2, 0) is 14.3 Å². The fourth-order valence-electron chi connectivity index (χ4n) is 2.07. The van der Waals surface area contributed by atoms with Crippen molar-refractivity contribution >= 4 is 29.0 Å². The van der Waals surface area contributed by atoms with Crippen LogP contribution in [0.5, 0.6) is 0 Å². The van der Waals surface area contributed by atoms with Crippen LogP contribution in [0.15, 0.2) is 47.5 Å². The Kier molecular flexibility index (Phi) is 3.23. The van der Waals surface area contributed by atoms with Crippen LogP contribution in [0, 0.1) is 0 Å². The summed E-state index contributed by atoms with van der Waals surface area (Å²) in [5.41, 5.74) is 0.969. The summed E-state index contributed by atoms with van der Waals surface area (Å²) >= 11 is 11.7. The summed E-state index contributed by atoms with van der Waals surface area (Å²) in [6, 6.07) is 7.37. The molecule has 1 aromatic rings. The fraction of sp³-hybridized carbons (Fsp3) is 0.214. The molecule has 1 aliphatic carbocycles. The maximum atomic E-state index is 11.3. The van der Waals surface area contributed by atoms with Gasteiger partial charge < -0.3 is 9.47 Å². The van der Waals surface area contributed by atoms with Gasteiger partial charge in [0.15, 0.2) is 5.78 Å². The van der Waals surface area contributed by atoms with Crippen LogP contribution in [0.4, 0.5) is 0 Å². The molecule has 1 heterocycles. The molecular weight excluding hydrogens is 287 g/mol. The van der Waals surface area contributed by atoms with E-state index in [1.165, 1.54) is 12.2 Å². The van der Waals surface area contributed by atoms with Gasteiger partial charge in [0.2, 0.25) is 5.79 Å². The zero-order chi connectivity index (χ0) is 13.5. The molecule has 98 valence electrons. The molecule has 0 amide bonds. The number of ether oxygens (including phenoxy) is 2. The predicted molar refractivity (Wildman–Crippen MR) is 72.0 cm³/mol. The van der Waals surface area contributed by atoms with Crippen molar-refractivity contribution in [3.05, 3.63) is 58.1 Å². The first-order valence-electron chi connectivity index (χ1n) is 5.77. The number of hydrogen-bond acceptors (Lipinski definition) is 3. The second-order valence-corrected chi connectivity index (χ2v) is 5.22. The Morgan fingerprint density at radius 1 is 1.21 bits per heavy atom. The van der Waals surface area contributed by atoms with E-state index in [2.05, 4.69) is 0 Å². The minimum atomic E-state index is -1.03. The minimum absolute atomic E-state index is 0.110. The molecule has 1 aromatic carbocycles. The Bertz CT molecular complexity index is 577. The van der Waals surface area contributed by atoms with Gasteiger partial charge in [-0.25, -0.2) is 0 Å². The van der Waals surface area contributed by atoms with Gasteiger partial charge in [-0.2, -0.15) is 0 Å². The highest BCUT2D eigenvalue weighted by Gasteiger charge is 2.40. The van der Waals surface area contributed by atoms with Crippen molar-refractivity contribution < 1.29 is 14.3 Å². The molecule has 0 bridgehead atoms. The van der Waals surface area contributed by atoms with E-state index in [9.17, 15) is 4.79 Å². The highest BCUT2D eigenvalue weighted by atomic mass is 35.5. The van der Waals surface area contributed by atoms with E-state index >= 15 is 0 Å². The first-order valence-corrected chi connectivity index (χ1v) is 6.53. The average molecular weight is 297 g/mol. The van der Waals surface area contributed by atoms with Gasteiger partial charge in [0.25, 0.3) is 0 Å². The van der Waals surface area contributed by atoms with Crippen molar-refractivity contribution in [1.82, 2.24) is 0 Å². The largest absolute Gasteiger partial charge is 0.340 e. The molecule has 3 rings (SSSR count). The van der Waals surface area contributed by atoms with Gasteiger partial charge in [-0.05, 0) is 29.8 Å². The van der Waals surface area contributed by atoms with Gasteiger partial charge in [0.05, 0.1) is 11.6 Å². The molecular formula is C14H10Cl2O3. The molecule has 0 N–H and O–H groups in total. The van der Waals surface area contributed by atoms with Crippen LogP contribution in [0.25, 0.3) is 0 Å². The second-order valence-electron chi connectivity index (χ2n) is 4.38. The molecule has 0 radical (unpaired) electrons. The standard InChI is InChI=1S/C14H10Cl2O3/c15-10-3-1-9(2-4-10)13-8-18-14(19-13)6-5-12(17)11(16)7-14/h1-7,13H,8H2/t13-,14+/m1/s1. The van der Waals surface area contributed by atoms with Crippen LogP contribution >= 0.6 is 23.2 Å². The zero-order valence-electron chi connectivity index (χ0n) is 9.81. The van der Waals surface area contributed by atoms with Gasteiger partial charge in [-0.1, -0.05) is 35.3 Å². The number of ketones is 1. The Labute approximate surface area is 120 Å². The lowest BCUT2D eigenvalue weighted by atomic mass is 10.1. The Balaban J connectivity index is 1.83. The maximum Gasteiger partial charge on any atom is 0.211 e. The van der Waals surface area contributed by atoms with E-state index in [0.29, 0.717) is 11.6 Å². The van der Waals surface area contributed by atoms with Crippen molar-refractivity contribution in [2.24, 2.45) is 0 Å². The fourth-order valence-corrected chi connectivity index (χ4v) is 2.41. The first kappa shape index (κ1) is 12.9. The minimum Gasteiger partial charge on any atom is -0.340 e. The van der Waals surface area contributed by atoms with E-state index in [1.807, 2.05) is 12.1 Å². The molecule has 5 heteroatoms. The average Bonchev–Trinajstić information content (AvgIpc) is 2.80. The summed E-state index contributed by atoms with van der Waals surface area (Å²) in [4.78, 5) is 11.3. The molecule has 0 unspecified atom stereocenters. The Hall–Kier alpha value is -1.13. The molecule has 2 atom stereocenters. The summed E-state index contributed by atoms with van der Waals surface area (Å²) in [6.07, 6.45) is 4.23. The molecule has 1 aliphatic heterocycles. The third kappa shape index (κ3) is 2.47. The smallest absolute Gasteiger partial charge is 0.211 e. The van der Waals surface area contributed by atoms with Crippen LogP contribution in [0.1, 0.15) is 11.7 Å². The predicted octanol–water partition coefficient (Wildman–Crippen LogP) is 3.39. The van der Waals surface area contributed by atoms with Crippen molar-refractivity contribution in [1.29, 1.82) is 0 Å². The molecule has 2 aliphatic rings. The highest BCUT2D eigenvalue weighted by Crippen LogP contribution is 2.38. The number of rotatable bonds is 1. The van der Waals surface area contributed by atoms with E-state index < -0.39 is 5.79 Å². The van der Waals surface area contributed by atoms with E-state index in [0.717, 1.165) is 5.56 Å². The molecule has 1 saturated heterocycles. The second kappa shape index (κ2) is 4.76. The lowest BCUT2D eigenvalue weighted by Crippen LogP contribution is -2.28. The first-order chi connectivity index (χ1) is 9.08. The van der Waals surface area contributed by atoms with Crippen LogP contribution in [0.2, 0.25) is 5.02 Å². The topological polar surface area (TPSA) is 35.5 Å². The SMILES string of the molecule is O=C1C=C[C@]2(C=C1Cl)OC[C@H](c1ccc(Cl)cc1)O2. The Morgan fingerprint density at radius 3 is 2.63 bits per heavy atom. The summed E-state index contributed by atoms with van der Waals surface area (Å²) in [5.74, 6) is -1.27. The molecule has 0 aromatic heterocycles. The van der Waals surface area contributed by atoms with Crippen molar-refractivity contribution in [3.63, 3.8) is 0 Å². The number of hydrogen-bond donors (Lipinski definition) is 0. The van der Waals surface area contributed by atoms with E-state index in [1.54, 1.807) is 18.2 Å². The van der Waals surface area contributed by atoms with Crippen molar-refractivity contribution in [2.45, 2.75) is 11.9 Å². The van der Waals surface area contributed by atoms with Crippen molar-refractivity contribution in [3.8, 4) is 0 Å². The van der Waals surface area contributed by atoms with Gasteiger partial charge in [-0.3, -0.25) is 4.79 Å². The van der Waals surface area contributed by atoms with Gasteiger partial charge in [0.1, 0.15) is 6.10 Å². The molecule has 1 spiro atoms. The van der Waals surface area contributed by atoms with Crippen LogP contribution in [0.3, 0.4) is 0 Å². The van der Waals surface area contributed by atoms with Crippen molar-refractivity contribution in [2.75, 3.05) is 6.61 Å². The zero-order valence-corrected chi connectivity index (χ0v) is 11.3. The van der Waals surface area contributed by atoms with E-state index in [4.69, 9.17) is 32.7 Å².